The second-order valence-corrected chi connectivity index (χ2v) is 4.34. The van der Waals surface area contributed by atoms with Crippen LogP contribution in [0.5, 0.6) is 0 Å². The molecule has 0 unspecified atom stereocenters. The molecule has 1 aliphatic heterocycles. The summed E-state index contributed by atoms with van der Waals surface area (Å²) in [6.45, 7) is 8.92. The molecule has 2 rings (SSSR count). The Morgan fingerprint density at radius 1 is 1.43 bits per heavy atom. The maximum absolute atomic E-state index is 5.39. The monoisotopic (exact) mass is 196 g/mol. The highest BCUT2D eigenvalue weighted by Crippen LogP contribution is 2.17. The summed E-state index contributed by atoms with van der Waals surface area (Å²) >= 11 is 0. The molecule has 1 aromatic heterocycles. The van der Waals surface area contributed by atoms with E-state index in [-0.39, 0.29) is 5.54 Å². The number of anilines is 1. The predicted octanol–water partition coefficient (Wildman–Crippen LogP) is 0.566. The van der Waals surface area contributed by atoms with E-state index in [9.17, 15) is 0 Å². The van der Waals surface area contributed by atoms with Gasteiger partial charge in [-0.3, -0.25) is 0 Å². The van der Waals surface area contributed by atoms with Gasteiger partial charge in [0.25, 0.3) is 0 Å². The lowest BCUT2D eigenvalue weighted by Gasteiger charge is -2.37. The van der Waals surface area contributed by atoms with Crippen molar-refractivity contribution in [2.75, 3.05) is 24.5 Å². The SMILES string of the molecule is Cc1nnc(N2CCNC(C)(C)C2)o1. The molecule has 0 spiro atoms. The summed E-state index contributed by atoms with van der Waals surface area (Å²) in [5, 5.41) is 11.3. The second kappa shape index (κ2) is 3.24. The average molecular weight is 196 g/mol. The number of rotatable bonds is 1. The van der Waals surface area contributed by atoms with Crippen molar-refractivity contribution in [1.29, 1.82) is 0 Å². The van der Waals surface area contributed by atoms with E-state index < -0.39 is 0 Å². The molecule has 0 aromatic carbocycles. The highest BCUT2D eigenvalue weighted by Gasteiger charge is 2.28. The van der Waals surface area contributed by atoms with E-state index in [1.165, 1.54) is 0 Å². The van der Waals surface area contributed by atoms with Crippen LogP contribution >= 0.6 is 0 Å². The largest absolute Gasteiger partial charge is 0.408 e. The first kappa shape index (κ1) is 9.45. The summed E-state index contributed by atoms with van der Waals surface area (Å²) in [5.41, 5.74) is 0.112. The Hall–Kier alpha value is -1.10. The van der Waals surface area contributed by atoms with E-state index in [0.717, 1.165) is 19.6 Å². The van der Waals surface area contributed by atoms with Crippen molar-refractivity contribution < 1.29 is 4.42 Å². The minimum absolute atomic E-state index is 0.112. The maximum atomic E-state index is 5.39. The third-order valence-corrected chi connectivity index (χ3v) is 2.36. The molecule has 5 heteroatoms. The number of piperazine rings is 1. The van der Waals surface area contributed by atoms with Gasteiger partial charge in [-0.2, -0.15) is 0 Å². The zero-order chi connectivity index (χ0) is 10.2. The highest BCUT2D eigenvalue weighted by molar-refractivity contribution is 5.27. The van der Waals surface area contributed by atoms with Crippen LogP contribution in [0.1, 0.15) is 19.7 Å². The lowest BCUT2D eigenvalue weighted by molar-refractivity contribution is 0.338. The standard InChI is InChI=1S/C9H16N4O/c1-7-11-12-8(14-7)13-5-4-10-9(2,3)6-13/h10H,4-6H2,1-3H3. The third kappa shape index (κ3) is 1.87. The van der Waals surface area contributed by atoms with Gasteiger partial charge in [-0.25, -0.2) is 0 Å². The van der Waals surface area contributed by atoms with Crippen LogP contribution in [-0.4, -0.2) is 35.4 Å². The van der Waals surface area contributed by atoms with Crippen molar-refractivity contribution in [3.05, 3.63) is 5.89 Å². The molecule has 14 heavy (non-hydrogen) atoms. The van der Waals surface area contributed by atoms with E-state index >= 15 is 0 Å². The average Bonchev–Trinajstić information content (AvgIpc) is 2.50. The molecular formula is C9H16N4O. The fourth-order valence-electron chi connectivity index (χ4n) is 1.72. The molecule has 2 heterocycles. The first-order valence-electron chi connectivity index (χ1n) is 4.87. The Morgan fingerprint density at radius 3 is 2.79 bits per heavy atom. The minimum atomic E-state index is 0.112. The molecule has 1 saturated heterocycles. The van der Waals surface area contributed by atoms with Gasteiger partial charge in [0.15, 0.2) is 0 Å². The zero-order valence-corrected chi connectivity index (χ0v) is 8.87. The van der Waals surface area contributed by atoms with E-state index in [2.05, 4.69) is 34.3 Å². The summed E-state index contributed by atoms with van der Waals surface area (Å²) in [4.78, 5) is 2.12. The predicted molar refractivity (Wildman–Crippen MR) is 53.3 cm³/mol. The Kier molecular flexibility index (Phi) is 2.19. The number of hydrogen-bond acceptors (Lipinski definition) is 5. The van der Waals surface area contributed by atoms with E-state index in [1.807, 2.05) is 6.92 Å². The highest BCUT2D eigenvalue weighted by atomic mass is 16.4. The van der Waals surface area contributed by atoms with Crippen LogP contribution in [0.25, 0.3) is 0 Å². The first-order valence-corrected chi connectivity index (χ1v) is 4.87. The maximum Gasteiger partial charge on any atom is 0.318 e. The Morgan fingerprint density at radius 2 is 2.21 bits per heavy atom. The number of nitrogens with zero attached hydrogens (tertiary/aromatic N) is 3. The zero-order valence-electron chi connectivity index (χ0n) is 8.87. The minimum Gasteiger partial charge on any atom is -0.408 e. The molecule has 0 amide bonds. The molecule has 1 aliphatic rings. The van der Waals surface area contributed by atoms with Gasteiger partial charge >= 0.3 is 6.01 Å². The van der Waals surface area contributed by atoms with Gasteiger partial charge in [-0.15, -0.1) is 5.10 Å². The van der Waals surface area contributed by atoms with Crippen LogP contribution in [0.15, 0.2) is 4.42 Å². The molecule has 1 N–H and O–H groups in total. The summed E-state index contributed by atoms with van der Waals surface area (Å²) in [6.07, 6.45) is 0. The fraction of sp³-hybridized carbons (Fsp3) is 0.778. The van der Waals surface area contributed by atoms with Crippen LogP contribution in [0.4, 0.5) is 6.01 Å². The summed E-state index contributed by atoms with van der Waals surface area (Å²) < 4.78 is 5.39. The van der Waals surface area contributed by atoms with Crippen molar-refractivity contribution in [3.8, 4) is 0 Å². The lowest BCUT2D eigenvalue weighted by Crippen LogP contribution is -2.57. The lowest BCUT2D eigenvalue weighted by atomic mass is 10.0. The third-order valence-electron chi connectivity index (χ3n) is 2.36. The van der Waals surface area contributed by atoms with Crippen molar-refractivity contribution in [2.24, 2.45) is 0 Å². The van der Waals surface area contributed by atoms with Gasteiger partial charge in [0.1, 0.15) is 0 Å². The first-order chi connectivity index (χ1) is 6.57. The fourth-order valence-corrected chi connectivity index (χ4v) is 1.72. The van der Waals surface area contributed by atoms with Gasteiger partial charge in [-0.05, 0) is 13.8 Å². The molecule has 0 aliphatic carbocycles. The Balaban J connectivity index is 2.12. The molecule has 1 fully saturated rings. The molecule has 0 atom stereocenters. The Labute approximate surface area is 83.5 Å². The van der Waals surface area contributed by atoms with E-state index in [1.54, 1.807) is 0 Å². The van der Waals surface area contributed by atoms with Crippen molar-refractivity contribution in [3.63, 3.8) is 0 Å². The number of aryl methyl sites for hydroxylation is 1. The number of nitrogens with one attached hydrogen (secondary N) is 1. The van der Waals surface area contributed by atoms with E-state index in [0.29, 0.717) is 11.9 Å². The van der Waals surface area contributed by atoms with Gasteiger partial charge in [-0.1, -0.05) is 5.10 Å². The van der Waals surface area contributed by atoms with Crippen molar-refractivity contribution in [1.82, 2.24) is 15.5 Å². The number of aromatic nitrogens is 2. The van der Waals surface area contributed by atoms with E-state index in [4.69, 9.17) is 4.42 Å². The van der Waals surface area contributed by atoms with Gasteiger partial charge in [0.2, 0.25) is 5.89 Å². The van der Waals surface area contributed by atoms with Crippen LogP contribution in [-0.2, 0) is 0 Å². The van der Waals surface area contributed by atoms with Crippen LogP contribution < -0.4 is 10.2 Å². The normalized spacial score (nSPS) is 21.2. The van der Waals surface area contributed by atoms with Crippen molar-refractivity contribution >= 4 is 6.01 Å². The summed E-state index contributed by atoms with van der Waals surface area (Å²) in [6, 6.07) is 0.636. The molecule has 78 valence electrons. The van der Waals surface area contributed by atoms with Gasteiger partial charge < -0.3 is 14.6 Å². The topological polar surface area (TPSA) is 54.2 Å². The summed E-state index contributed by atoms with van der Waals surface area (Å²) in [5.74, 6) is 0.622. The van der Waals surface area contributed by atoms with Gasteiger partial charge in [0, 0.05) is 32.1 Å². The molecular weight excluding hydrogens is 180 g/mol. The molecule has 0 saturated carbocycles. The van der Waals surface area contributed by atoms with Gasteiger partial charge in [0.05, 0.1) is 0 Å². The molecule has 5 nitrogen and oxygen atoms in total. The quantitative estimate of drug-likeness (QED) is 0.711. The van der Waals surface area contributed by atoms with Crippen LogP contribution in [0.2, 0.25) is 0 Å². The molecule has 0 radical (unpaired) electrons. The van der Waals surface area contributed by atoms with Crippen LogP contribution in [0.3, 0.4) is 0 Å². The Bertz CT molecular complexity index is 320. The van der Waals surface area contributed by atoms with Crippen LogP contribution in [0, 0.1) is 6.92 Å². The smallest absolute Gasteiger partial charge is 0.318 e. The summed E-state index contributed by atoms with van der Waals surface area (Å²) in [7, 11) is 0. The number of hydrogen-bond donors (Lipinski definition) is 1. The molecule has 0 bridgehead atoms. The second-order valence-electron chi connectivity index (χ2n) is 4.34. The van der Waals surface area contributed by atoms with Crippen molar-refractivity contribution in [2.45, 2.75) is 26.3 Å². The molecule has 1 aromatic rings.